The smallest absolute Gasteiger partial charge is 0.234 e. The second kappa shape index (κ2) is 4.86. The van der Waals surface area contributed by atoms with E-state index in [1.165, 1.54) is 12.1 Å². The van der Waals surface area contributed by atoms with Crippen molar-refractivity contribution in [3.8, 4) is 0 Å². The van der Waals surface area contributed by atoms with Crippen LogP contribution in [0.5, 0.6) is 0 Å². The van der Waals surface area contributed by atoms with Crippen molar-refractivity contribution in [3.05, 3.63) is 29.6 Å². The van der Waals surface area contributed by atoms with Crippen LogP contribution in [0.15, 0.2) is 18.2 Å². The number of carbonyl (C=O) groups is 2. The van der Waals surface area contributed by atoms with Gasteiger partial charge < -0.3 is 5.73 Å². The minimum absolute atomic E-state index is 0.0381. The van der Waals surface area contributed by atoms with Gasteiger partial charge in [0.05, 0.1) is 5.69 Å². The van der Waals surface area contributed by atoms with Crippen molar-refractivity contribution in [1.29, 1.82) is 0 Å². The van der Waals surface area contributed by atoms with Crippen LogP contribution < -0.4 is 10.6 Å². The summed E-state index contributed by atoms with van der Waals surface area (Å²) in [6.45, 7) is 1.80. The zero-order valence-corrected chi connectivity index (χ0v) is 10.1. The first-order valence-electron chi connectivity index (χ1n) is 5.87. The summed E-state index contributed by atoms with van der Waals surface area (Å²) in [4.78, 5) is 24.9. The van der Waals surface area contributed by atoms with Gasteiger partial charge in [0.2, 0.25) is 11.8 Å². The second-order valence-electron chi connectivity index (χ2n) is 4.58. The Morgan fingerprint density at radius 2 is 1.94 bits per heavy atom. The number of imide groups is 1. The largest absolute Gasteiger partial charge is 0.326 e. The Morgan fingerprint density at radius 3 is 2.50 bits per heavy atom. The van der Waals surface area contributed by atoms with Gasteiger partial charge in [0, 0.05) is 24.9 Å². The van der Waals surface area contributed by atoms with Gasteiger partial charge in [-0.05, 0) is 18.1 Å². The molecule has 4 nitrogen and oxygen atoms in total. The number of carbonyl (C=O) groups excluding carboxylic acids is 2. The molecule has 18 heavy (non-hydrogen) atoms. The van der Waals surface area contributed by atoms with E-state index in [2.05, 4.69) is 0 Å². The number of rotatable bonds is 2. The number of anilines is 1. The molecule has 5 heteroatoms. The average Bonchev–Trinajstić information content (AvgIpc) is 2.27. The highest BCUT2D eigenvalue weighted by atomic mass is 19.1. The van der Waals surface area contributed by atoms with Gasteiger partial charge in [0.1, 0.15) is 5.82 Å². The minimum Gasteiger partial charge on any atom is -0.326 e. The number of nitrogens with two attached hydrogens (primary N) is 1. The number of amides is 2. The fourth-order valence-corrected chi connectivity index (χ4v) is 2.22. The third-order valence-electron chi connectivity index (χ3n) is 3.08. The molecule has 0 atom stereocenters. The molecule has 2 rings (SSSR count). The Hall–Kier alpha value is -1.75. The molecule has 1 saturated heterocycles. The van der Waals surface area contributed by atoms with Gasteiger partial charge in [-0.1, -0.05) is 13.0 Å². The van der Waals surface area contributed by atoms with Crippen LogP contribution in [0.25, 0.3) is 0 Å². The molecule has 0 bridgehead atoms. The van der Waals surface area contributed by atoms with Crippen LogP contribution in [0.2, 0.25) is 0 Å². The standard InChI is InChI=1S/C13H15FN2O2/c1-8-5-12(17)16(13(18)6-8)11-4-2-3-10(14)9(11)7-15/h2-4,8H,5-7,15H2,1H3. The molecule has 0 aromatic heterocycles. The Morgan fingerprint density at radius 1 is 1.33 bits per heavy atom. The third-order valence-corrected chi connectivity index (χ3v) is 3.08. The van der Waals surface area contributed by atoms with Gasteiger partial charge in [-0.3, -0.25) is 14.5 Å². The summed E-state index contributed by atoms with van der Waals surface area (Å²) >= 11 is 0. The van der Waals surface area contributed by atoms with Gasteiger partial charge in [-0.25, -0.2) is 4.39 Å². The van der Waals surface area contributed by atoms with Crippen LogP contribution in [-0.2, 0) is 16.1 Å². The maximum absolute atomic E-state index is 13.6. The number of hydrogen-bond donors (Lipinski definition) is 1. The third kappa shape index (κ3) is 2.13. The zero-order chi connectivity index (χ0) is 13.3. The van der Waals surface area contributed by atoms with Gasteiger partial charge in [0.25, 0.3) is 0 Å². The van der Waals surface area contributed by atoms with Crippen LogP contribution in [0.3, 0.4) is 0 Å². The van der Waals surface area contributed by atoms with E-state index in [1.807, 2.05) is 6.92 Å². The predicted molar refractivity (Wildman–Crippen MR) is 65.2 cm³/mol. The van der Waals surface area contributed by atoms with E-state index in [9.17, 15) is 14.0 Å². The Bertz CT molecular complexity index is 484. The first-order chi connectivity index (χ1) is 8.54. The van der Waals surface area contributed by atoms with E-state index in [0.29, 0.717) is 12.8 Å². The molecule has 1 aliphatic heterocycles. The van der Waals surface area contributed by atoms with Crippen molar-refractivity contribution in [3.63, 3.8) is 0 Å². The Balaban J connectivity index is 2.45. The van der Waals surface area contributed by atoms with Crippen molar-refractivity contribution >= 4 is 17.5 Å². The maximum Gasteiger partial charge on any atom is 0.234 e. The predicted octanol–water partition coefficient (Wildman–Crippen LogP) is 1.57. The average molecular weight is 250 g/mol. The van der Waals surface area contributed by atoms with Crippen molar-refractivity contribution in [2.45, 2.75) is 26.3 Å². The van der Waals surface area contributed by atoms with Crippen molar-refractivity contribution in [2.24, 2.45) is 11.7 Å². The summed E-state index contributed by atoms with van der Waals surface area (Å²) in [6.07, 6.45) is 0.596. The van der Waals surface area contributed by atoms with Crippen LogP contribution in [0.1, 0.15) is 25.3 Å². The summed E-state index contributed by atoms with van der Waals surface area (Å²) in [5, 5.41) is 0. The second-order valence-corrected chi connectivity index (χ2v) is 4.58. The van der Waals surface area contributed by atoms with Gasteiger partial charge in [-0.15, -0.1) is 0 Å². The first kappa shape index (κ1) is 12.7. The fraction of sp³-hybridized carbons (Fsp3) is 0.385. The van der Waals surface area contributed by atoms with Crippen LogP contribution >= 0.6 is 0 Å². The Labute approximate surface area is 105 Å². The minimum atomic E-state index is -0.491. The monoisotopic (exact) mass is 250 g/mol. The number of nitrogens with zero attached hydrogens (tertiary/aromatic N) is 1. The molecule has 96 valence electrons. The van der Waals surface area contributed by atoms with E-state index in [4.69, 9.17) is 5.73 Å². The first-order valence-corrected chi connectivity index (χ1v) is 5.87. The SMILES string of the molecule is CC1CC(=O)N(c2cccc(F)c2CN)C(=O)C1. The van der Waals surface area contributed by atoms with Crippen LogP contribution in [0.4, 0.5) is 10.1 Å². The van der Waals surface area contributed by atoms with E-state index in [0.717, 1.165) is 4.90 Å². The molecule has 0 saturated carbocycles. The van der Waals surface area contributed by atoms with E-state index < -0.39 is 5.82 Å². The molecule has 1 aromatic carbocycles. The molecule has 1 fully saturated rings. The van der Waals surface area contributed by atoms with Gasteiger partial charge >= 0.3 is 0 Å². The number of benzene rings is 1. The normalized spacial score (nSPS) is 17.4. The lowest BCUT2D eigenvalue weighted by atomic mass is 9.96. The van der Waals surface area contributed by atoms with E-state index in [1.54, 1.807) is 6.07 Å². The molecular formula is C13H15FN2O2. The van der Waals surface area contributed by atoms with Crippen LogP contribution in [0, 0.1) is 11.7 Å². The van der Waals surface area contributed by atoms with Gasteiger partial charge in [-0.2, -0.15) is 0 Å². The van der Waals surface area contributed by atoms with Crippen molar-refractivity contribution < 1.29 is 14.0 Å². The molecule has 2 N–H and O–H groups in total. The number of halogens is 1. The molecule has 0 aliphatic carbocycles. The summed E-state index contributed by atoms with van der Waals surface area (Å²) in [6, 6.07) is 4.30. The summed E-state index contributed by atoms with van der Waals surface area (Å²) < 4.78 is 13.6. The quantitative estimate of drug-likeness (QED) is 0.810. The maximum atomic E-state index is 13.6. The lowest BCUT2D eigenvalue weighted by Crippen LogP contribution is -2.43. The highest BCUT2D eigenvalue weighted by molar-refractivity contribution is 6.17. The number of hydrogen-bond acceptors (Lipinski definition) is 3. The zero-order valence-electron chi connectivity index (χ0n) is 10.1. The molecule has 0 spiro atoms. The number of piperidine rings is 1. The summed E-state index contributed by atoms with van der Waals surface area (Å²) in [7, 11) is 0. The van der Waals surface area contributed by atoms with E-state index in [-0.39, 0.29) is 35.5 Å². The lowest BCUT2D eigenvalue weighted by Gasteiger charge is -2.29. The van der Waals surface area contributed by atoms with Crippen molar-refractivity contribution in [2.75, 3.05) is 4.90 Å². The van der Waals surface area contributed by atoms with Crippen molar-refractivity contribution in [1.82, 2.24) is 0 Å². The molecular weight excluding hydrogens is 235 g/mol. The highest BCUT2D eigenvalue weighted by Crippen LogP contribution is 2.29. The fourth-order valence-electron chi connectivity index (χ4n) is 2.22. The van der Waals surface area contributed by atoms with Gasteiger partial charge in [0.15, 0.2) is 0 Å². The topological polar surface area (TPSA) is 63.4 Å². The van der Waals surface area contributed by atoms with Crippen LogP contribution in [-0.4, -0.2) is 11.8 Å². The molecule has 0 radical (unpaired) electrons. The lowest BCUT2D eigenvalue weighted by molar-refractivity contribution is -0.130. The molecule has 1 heterocycles. The molecule has 1 aliphatic rings. The molecule has 1 aromatic rings. The molecule has 2 amide bonds. The van der Waals surface area contributed by atoms with E-state index >= 15 is 0 Å². The highest BCUT2D eigenvalue weighted by Gasteiger charge is 2.32. The summed E-state index contributed by atoms with van der Waals surface area (Å²) in [5.41, 5.74) is 5.97. The Kier molecular flexibility index (Phi) is 3.43. The summed E-state index contributed by atoms with van der Waals surface area (Å²) in [5.74, 6) is -1.04. The molecule has 0 unspecified atom stereocenters.